The first-order valence-corrected chi connectivity index (χ1v) is 9.38. The fraction of sp³-hybridized carbons (Fsp3) is 0.261. The quantitative estimate of drug-likeness (QED) is 0.657. The standard InChI is InChI=1S/C23H22FNO4/c1-23(2,26)16-7-5-15(6-8-16)20-14-27-22(29-20)19-4-3-13-25-21(19)28-18-11-9-17(24)10-12-18/h3-13,20,22,26H,14H2,1-2H3/t20-,22-/m1/s1. The van der Waals surface area contributed by atoms with Crippen molar-refractivity contribution in [1.82, 2.24) is 4.98 Å². The van der Waals surface area contributed by atoms with Crippen LogP contribution in [-0.4, -0.2) is 16.7 Å². The SMILES string of the molecule is CC(C)(O)c1ccc([C@H]2CO[C@@H](c3cccnc3Oc3ccc(F)cc3)O2)cc1. The molecule has 2 atom stereocenters. The van der Waals surface area contributed by atoms with E-state index in [0.29, 0.717) is 23.8 Å². The summed E-state index contributed by atoms with van der Waals surface area (Å²) in [7, 11) is 0. The van der Waals surface area contributed by atoms with E-state index in [-0.39, 0.29) is 11.9 Å². The van der Waals surface area contributed by atoms with Gasteiger partial charge in [0.1, 0.15) is 17.7 Å². The molecule has 0 amide bonds. The van der Waals surface area contributed by atoms with Crippen molar-refractivity contribution >= 4 is 0 Å². The lowest BCUT2D eigenvalue weighted by Gasteiger charge is -2.19. The van der Waals surface area contributed by atoms with Gasteiger partial charge in [0.05, 0.1) is 17.8 Å². The van der Waals surface area contributed by atoms with E-state index in [2.05, 4.69) is 4.98 Å². The summed E-state index contributed by atoms with van der Waals surface area (Å²) in [4.78, 5) is 4.27. The van der Waals surface area contributed by atoms with Gasteiger partial charge in [0.2, 0.25) is 5.88 Å². The number of nitrogens with zero attached hydrogens (tertiary/aromatic N) is 1. The number of ether oxygens (including phenoxy) is 3. The van der Waals surface area contributed by atoms with Crippen molar-refractivity contribution in [1.29, 1.82) is 0 Å². The average molecular weight is 395 g/mol. The molecule has 0 unspecified atom stereocenters. The van der Waals surface area contributed by atoms with Gasteiger partial charge in [-0.2, -0.15) is 0 Å². The molecule has 1 fully saturated rings. The number of pyridine rings is 1. The van der Waals surface area contributed by atoms with Gasteiger partial charge in [-0.15, -0.1) is 0 Å². The molecule has 6 heteroatoms. The molecule has 1 aromatic heterocycles. The highest BCUT2D eigenvalue weighted by Crippen LogP contribution is 2.39. The molecule has 0 spiro atoms. The Labute approximate surface area is 168 Å². The van der Waals surface area contributed by atoms with Gasteiger partial charge in [0.25, 0.3) is 0 Å². The number of aliphatic hydroxyl groups is 1. The van der Waals surface area contributed by atoms with Crippen LogP contribution in [0.3, 0.4) is 0 Å². The Kier molecular flexibility index (Phi) is 5.32. The maximum Gasteiger partial charge on any atom is 0.227 e. The zero-order chi connectivity index (χ0) is 20.4. The number of aromatic nitrogens is 1. The van der Waals surface area contributed by atoms with Crippen molar-refractivity contribution in [3.05, 3.63) is 89.4 Å². The van der Waals surface area contributed by atoms with Crippen LogP contribution in [0.1, 0.15) is 42.9 Å². The molecule has 0 bridgehead atoms. The molecular formula is C23H22FNO4. The van der Waals surface area contributed by atoms with Crippen LogP contribution in [0.25, 0.3) is 0 Å². The molecular weight excluding hydrogens is 373 g/mol. The topological polar surface area (TPSA) is 60.8 Å². The molecule has 3 aromatic rings. The first kappa shape index (κ1) is 19.5. The van der Waals surface area contributed by atoms with E-state index in [1.165, 1.54) is 24.3 Å². The Bertz CT molecular complexity index is 967. The molecule has 0 aliphatic carbocycles. The maximum atomic E-state index is 13.1. The van der Waals surface area contributed by atoms with Crippen molar-refractivity contribution in [3.63, 3.8) is 0 Å². The van der Waals surface area contributed by atoms with Crippen molar-refractivity contribution in [2.45, 2.75) is 31.8 Å². The molecule has 150 valence electrons. The minimum absolute atomic E-state index is 0.241. The van der Waals surface area contributed by atoms with Gasteiger partial charge in [-0.25, -0.2) is 9.37 Å². The lowest BCUT2D eigenvalue weighted by Crippen LogP contribution is -2.15. The Morgan fingerprint density at radius 3 is 2.48 bits per heavy atom. The number of benzene rings is 2. The van der Waals surface area contributed by atoms with Gasteiger partial charge < -0.3 is 19.3 Å². The van der Waals surface area contributed by atoms with Gasteiger partial charge in [-0.1, -0.05) is 24.3 Å². The van der Waals surface area contributed by atoms with Crippen LogP contribution < -0.4 is 4.74 Å². The largest absolute Gasteiger partial charge is 0.439 e. The Morgan fingerprint density at radius 1 is 1.07 bits per heavy atom. The molecule has 0 saturated carbocycles. The van der Waals surface area contributed by atoms with Crippen LogP contribution in [-0.2, 0) is 15.1 Å². The number of hydrogen-bond donors (Lipinski definition) is 1. The molecule has 29 heavy (non-hydrogen) atoms. The number of halogens is 1. The molecule has 4 rings (SSSR count). The van der Waals surface area contributed by atoms with E-state index in [1.54, 1.807) is 26.1 Å². The molecule has 1 aliphatic rings. The zero-order valence-corrected chi connectivity index (χ0v) is 16.2. The first-order chi connectivity index (χ1) is 13.9. The van der Waals surface area contributed by atoms with Gasteiger partial charge in [-0.05, 0) is 61.4 Å². The minimum atomic E-state index is -0.892. The minimum Gasteiger partial charge on any atom is -0.439 e. The third-order valence-electron chi connectivity index (χ3n) is 4.76. The highest BCUT2D eigenvalue weighted by molar-refractivity contribution is 5.34. The van der Waals surface area contributed by atoms with E-state index >= 15 is 0 Å². The zero-order valence-electron chi connectivity index (χ0n) is 16.2. The van der Waals surface area contributed by atoms with E-state index in [9.17, 15) is 9.50 Å². The van der Waals surface area contributed by atoms with E-state index in [4.69, 9.17) is 14.2 Å². The van der Waals surface area contributed by atoms with Crippen LogP contribution in [0.15, 0.2) is 66.9 Å². The Balaban J connectivity index is 1.50. The summed E-state index contributed by atoms with van der Waals surface area (Å²) in [5, 5.41) is 10.1. The second kappa shape index (κ2) is 7.91. The molecule has 2 aromatic carbocycles. The Hall–Kier alpha value is -2.80. The number of rotatable bonds is 5. The third-order valence-corrected chi connectivity index (χ3v) is 4.76. The summed E-state index contributed by atoms with van der Waals surface area (Å²) in [5.41, 5.74) is 1.56. The van der Waals surface area contributed by atoms with E-state index < -0.39 is 11.9 Å². The molecule has 1 saturated heterocycles. The summed E-state index contributed by atoms with van der Waals surface area (Å²) in [6, 6.07) is 17.0. The monoisotopic (exact) mass is 395 g/mol. The molecule has 2 heterocycles. The molecule has 1 N–H and O–H groups in total. The van der Waals surface area contributed by atoms with Gasteiger partial charge in [-0.3, -0.25) is 0 Å². The van der Waals surface area contributed by atoms with Crippen molar-refractivity contribution < 1.29 is 23.7 Å². The van der Waals surface area contributed by atoms with Crippen LogP contribution in [0, 0.1) is 5.82 Å². The average Bonchev–Trinajstić information content (AvgIpc) is 3.20. The van der Waals surface area contributed by atoms with Gasteiger partial charge in [0, 0.05) is 6.20 Å². The van der Waals surface area contributed by atoms with E-state index in [0.717, 1.165) is 11.1 Å². The summed E-state index contributed by atoms with van der Waals surface area (Å²) < 4.78 is 30.9. The second-order valence-corrected chi connectivity index (χ2v) is 7.42. The first-order valence-electron chi connectivity index (χ1n) is 9.38. The Morgan fingerprint density at radius 2 is 1.79 bits per heavy atom. The lowest BCUT2D eigenvalue weighted by molar-refractivity contribution is -0.0621. The van der Waals surface area contributed by atoms with Crippen molar-refractivity contribution in [2.24, 2.45) is 0 Å². The predicted octanol–water partition coefficient (Wildman–Crippen LogP) is 5.03. The molecule has 0 radical (unpaired) electrons. The normalized spacial score (nSPS) is 19.3. The summed E-state index contributed by atoms with van der Waals surface area (Å²) in [5.74, 6) is 0.490. The predicted molar refractivity (Wildman–Crippen MR) is 105 cm³/mol. The highest BCUT2D eigenvalue weighted by atomic mass is 19.1. The molecule has 1 aliphatic heterocycles. The van der Waals surface area contributed by atoms with Gasteiger partial charge >= 0.3 is 0 Å². The fourth-order valence-corrected chi connectivity index (χ4v) is 3.13. The fourth-order valence-electron chi connectivity index (χ4n) is 3.13. The van der Waals surface area contributed by atoms with Crippen molar-refractivity contribution in [3.8, 4) is 11.6 Å². The summed E-state index contributed by atoms with van der Waals surface area (Å²) >= 11 is 0. The maximum absolute atomic E-state index is 13.1. The smallest absolute Gasteiger partial charge is 0.227 e. The highest BCUT2D eigenvalue weighted by Gasteiger charge is 2.31. The lowest BCUT2D eigenvalue weighted by atomic mass is 9.96. The van der Waals surface area contributed by atoms with Gasteiger partial charge in [0.15, 0.2) is 6.29 Å². The van der Waals surface area contributed by atoms with Crippen LogP contribution >= 0.6 is 0 Å². The summed E-state index contributed by atoms with van der Waals surface area (Å²) in [6.07, 6.45) is 0.747. The summed E-state index contributed by atoms with van der Waals surface area (Å²) in [6.45, 7) is 3.88. The van der Waals surface area contributed by atoms with E-state index in [1.807, 2.05) is 30.3 Å². The number of hydrogen-bond acceptors (Lipinski definition) is 5. The van der Waals surface area contributed by atoms with Crippen LogP contribution in [0.5, 0.6) is 11.6 Å². The second-order valence-electron chi connectivity index (χ2n) is 7.42. The third kappa shape index (κ3) is 4.45. The van der Waals surface area contributed by atoms with Crippen molar-refractivity contribution in [2.75, 3.05) is 6.61 Å². The van der Waals surface area contributed by atoms with Crippen LogP contribution in [0.4, 0.5) is 4.39 Å². The van der Waals surface area contributed by atoms with Crippen LogP contribution in [0.2, 0.25) is 0 Å². The molecule has 5 nitrogen and oxygen atoms in total.